The summed E-state index contributed by atoms with van der Waals surface area (Å²) in [5.74, 6) is 3.37. The van der Waals surface area contributed by atoms with Crippen molar-refractivity contribution in [2.75, 3.05) is 13.1 Å². The van der Waals surface area contributed by atoms with Crippen molar-refractivity contribution in [1.29, 1.82) is 0 Å². The van der Waals surface area contributed by atoms with Crippen molar-refractivity contribution in [1.82, 2.24) is 15.0 Å². The van der Waals surface area contributed by atoms with Gasteiger partial charge < -0.3 is 9.42 Å². The minimum Gasteiger partial charge on any atom is -0.341 e. The van der Waals surface area contributed by atoms with Crippen molar-refractivity contribution in [2.24, 2.45) is 17.8 Å². The molecule has 0 radical (unpaired) electrons. The number of benzene rings is 1. The van der Waals surface area contributed by atoms with Crippen LogP contribution in [0.3, 0.4) is 0 Å². The van der Waals surface area contributed by atoms with Crippen LogP contribution in [-0.4, -0.2) is 34.0 Å². The predicted octanol–water partition coefficient (Wildman–Crippen LogP) is 3.75. The monoisotopic (exact) mass is 357 g/mol. The largest absolute Gasteiger partial charge is 0.341 e. The number of fused-ring (bicyclic) bond motifs is 2. The van der Waals surface area contributed by atoms with Crippen molar-refractivity contribution in [3.05, 3.63) is 35.2 Å². The van der Waals surface area contributed by atoms with Gasteiger partial charge in [0.05, 0.1) is 5.92 Å². The van der Waals surface area contributed by atoms with Crippen LogP contribution in [0.2, 0.25) is 5.02 Å². The molecule has 1 aromatic heterocycles. The maximum atomic E-state index is 12.7. The van der Waals surface area contributed by atoms with E-state index in [0.717, 1.165) is 17.9 Å². The number of carbonyl (C=O) groups excluding carboxylic acids is 1. The first-order chi connectivity index (χ1) is 12.2. The molecule has 2 aliphatic carbocycles. The van der Waals surface area contributed by atoms with Crippen molar-refractivity contribution in [3.63, 3.8) is 0 Å². The highest BCUT2D eigenvalue weighted by Crippen LogP contribution is 2.49. The summed E-state index contributed by atoms with van der Waals surface area (Å²) in [6.07, 6.45) is 4.93. The molecule has 1 amide bonds. The lowest BCUT2D eigenvalue weighted by molar-refractivity contribution is -0.142. The highest BCUT2D eigenvalue weighted by atomic mass is 35.5. The van der Waals surface area contributed by atoms with Gasteiger partial charge in [-0.15, -0.1) is 0 Å². The van der Waals surface area contributed by atoms with E-state index in [1.54, 1.807) is 0 Å². The van der Waals surface area contributed by atoms with Crippen LogP contribution in [0, 0.1) is 17.8 Å². The number of likely N-dealkylation sites (tertiary alicyclic amines) is 1. The van der Waals surface area contributed by atoms with Crippen LogP contribution in [0.4, 0.5) is 0 Å². The van der Waals surface area contributed by atoms with Gasteiger partial charge in [-0.1, -0.05) is 35.3 Å². The molecule has 3 atom stereocenters. The Morgan fingerprint density at radius 3 is 2.84 bits per heavy atom. The van der Waals surface area contributed by atoms with Gasteiger partial charge in [-0.3, -0.25) is 4.79 Å². The number of rotatable bonds is 3. The number of hydrogen-bond donors (Lipinski definition) is 0. The molecular weight excluding hydrogens is 338 g/mol. The fourth-order valence-electron chi connectivity index (χ4n) is 4.74. The molecule has 2 aromatic rings. The molecule has 0 N–H and O–H groups in total. The first kappa shape index (κ1) is 15.4. The Bertz CT molecular complexity index is 815. The minimum absolute atomic E-state index is 0.156. The van der Waals surface area contributed by atoms with E-state index in [0.29, 0.717) is 41.7 Å². The zero-order chi connectivity index (χ0) is 17.0. The molecule has 130 valence electrons. The van der Waals surface area contributed by atoms with Gasteiger partial charge in [-0.2, -0.15) is 4.98 Å². The topological polar surface area (TPSA) is 59.2 Å². The Labute approximate surface area is 151 Å². The smallest absolute Gasteiger partial charge is 0.233 e. The third kappa shape index (κ3) is 2.65. The van der Waals surface area contributed by atoms with Crippen LogP contribution < -0.4 is 0 Å². The van der Waals surface area contributed by atoms with E-state index >= 15 is 0 Å². The van der Waals surface area contributed by atoms with Crippen LogP contribution in [0.5, 0.6) is 0 Å². The number of amides is 1. The molecule has 3 fully saturated rings. The van der Waals surface area contributed by atoms with Gasteiger partial charge in [0.1, 0.15) is 0 Å². The minimum atomic E-state index is 0.156. The summed E-state index contributed by atoms with van der Waals surface area (Å²) in [7, 11) is 0. The molecule has 5 nitrogen and oxygen atoms in total. The van der Waals surface area contributed by atoms with Crippen molar-refractivity contribution in [3.8, 4) is 11.4 Å². The molecule has 0 spiro atoms. The molecule has 2 saturated carbocycles. The Balaban J connectivity index is 1.23. The first-order valence-electron chi connectivity index (χ1n) is 9.05. The second-order valence-corrected chi connectivity index (χ2v) is 8.12. The fourth-order valence-corrected chi connectivity index (χ4v) is 4.93. The summed E-state index contributed by atoms with van der Waals surface area (Å²) in [6, 6.07) is 7.41. The Morgan fingerprint density at radius 2 is 2.12 bits per heavy atom. The molecule has 2 bridgehead atoms. The summed E-state index contributed by atoms with van der Waals surface area (Å²) in [6.45, 7) is 1.40. The molecule has 2 heterocycles. The quantitative estimate of drug-likeness (QED) is 0.839. The van der Waals surface area contributed by atoms with Gasteiger partial charge in [-0.05, 0) is 43.2 Å². The molecule has 1 aliphatic heterocycles. The van der Waals surface area contributed by atoms with Gasteiger partial charge in [0.25, 0.3) is 0 Å². The molecule has 3 aliphatic rings. The lowest BCUT2D eigenvalue weighted by Gasteiger charge is -2.40. The van der Waals surface area contributed by atoms with E-state index < -0.39 is 0 Å². The van der Waals surface area contributed by atoms with Crippen LogP contribution in [0.25, 0.3) is 11.4 Å². The molecule has 5 rings (SSSR count). The van der Waals surface area contributed by atoms with E-state index in [1.807, 2.05) is 29.2 Å². The maximum absolute atomic E-state index is 12.7. The average Bonchev–Trinajstić information content (AvgIpc) is 3.30. The normalized spacial score (nSPS) is 28.4. The number of aromatic nitrogens is 2. The highest BCUT2D eigenvalue weighted by molar-refractivity contribution is 6.30. The van der Waals surface area contributed by atoms with E-state index in [-0.39, 0.29) is 11.8 Å². The van der Waals surface area contributed by atoms with Gasteiger partial charge in [-0.25, -0.2) is 0 Å². The molecule has 6 heteroatoms. The van der Waals surface area contributed by atoms with Crippen molar-refractivity contribution < 1.29 is 9.32 Å². The summed E-state index contributed by atoms with van der Waals surface area (Å²) >= 11 is 6.02. The Hall–Kier alpha value is -1.88. The van der Waals surface area contributed by atoms with Gasteiger partial charge in [0.15, 0.2) is 0 Å². The van der Waals surface area contributed by atoms with Gasteiger partial charge >= 0.3 is 0 Å². The number of halogens is 1. The average molecular weight is 358 g/mol. The van der Waals surface area contributed by atoms with Crippen molar-refractivity contribution >= 4 is 17.5 Å². The second-order valence-electron chi connectivity index (χ2n) is 7.69. The zero-order valence-electron chi connectivity index (χ0n) is 13.9. The summed E-state index contributed by atoms with van der Waals surface area (Å²) in [5, 5.41) is 4.71. The van der Waals surface area contributed by atoms with E-state index in [4.69, 9.17) is 16.1 Å². The maximum Gasteiger partial charge on any atom is 0.233 e. The number of hydrogen-bond acceptors (Lipinski definition) is 4. The van der Waals surface area contributed by atoms with E-state index in [2.05, 4.69) is 10.1 Å². The number of nitrogens with zero attached hydrogens (tertiary/aromatic N) is 3. The fraction of sp³-hybridized carbons (Fsp3) is 0.526. The molecular formula is C19H20ClN3O2. The summed E-state index contributed by atoms with van der Waals surface area (Å²) < 4.78 is 5.42. The van der Waals surface area contributed by atoms with Gasteiger partial charge in [0, 0.05) is 29.6 Å². The lowest BCUT2D eigenvalue weighted by atomic mass is 9.86. The second kappa shape index (κ2) is 5.84. The van der Waals surface area contributed by atoms with Crippen molar-refractivity contribution in [2.45, 2.75) is 31.6 Å². The summed E-state index contributed by atoms with van der Waals surface area (Å²) in [5.41, 5.74) is 0.844. The molecule has 1 saturated heterocycles. The third-order valence-corrected chi connectivity index (χ3v) is 6.36. The van der Waals surface area contributed by atoms with Gasteiger partial charge in [0.2, 0.25) is 17.6 Å². The summed E-state index contributed by atoms with van der Waals surface area (Å²) in [4.78, 5) is 19.2. The van der Waals surface area contributed by atoms with Crippen LogP contribution in [0.15, 0.2) is 28.8 Å². The third-order valence-electron chi connectivity index (χ3n) is 6.12. The molecule has 1 aromatic carbocycles. The standard InChI is InChI=1S/C19H20ClN3O2/c20-15-3-1-2-13(8-15)17-21-18(25-22-17)14-9-23(10-14)19(24)16-7-11-4-5-12(16)6-11/h1-3,8,11-12,14,16H,4-7,9-10H2/t11-,12+,16-/m1/s1. The Morgan fingerprint density at radius 1 is 1.24 bits per heavy atom. The lowest BCUT2D eigenvalue weighted by Crippen LogP contribution is -2.51. The molecule has 0 unspecified atom stereocenters. The SMILES string of the molecule is O=C([C@@H]1C[C@@H]2CC[C@H]1C2)N1CC(c2nc(-c3cccc(Cl)c3)no2)C1. The Kier molecular flexibility index (Phi) is 3.59. The molecule has 25 heavy (non-hydrogen) atoms. The van der Waals surface area contributed by atoms with Crippen LogP contribution >= 0.6 is 11.6 Å². The van der Waals surface area contributed by atoms with E-state index in [9.17, 15) is 4.79 Å². The highest BCUT2D eigenvalue weighted by Gasteiger charge is 2.47. The van der Waals surface area contributed by atoms with Crippen LogP contribution in [-0.2, 0) is 4.79 Å². The zero-order valence-corrected chi connectivity index (χ0v) is 14.7. The number of carbonyl (C=O) groups is 1. The predicted molar refractivity (Wildman–Crippen MR) is 93.0 cm³/mol. The van der Waals surface area contributed by atoms with Crippen LogP contribution in [0.1, 0.15) is 37.5 Å². The first-order valence-corrected chi connectivity index (χ1v) is 9.43. The van der Waals surface area contributed by atoms with E-state index in [1.165, 1.54) is 19.3 Å².